The Morgan fingerprint density at radius 2 is 1.96 bits per heavy atom. The highest BCUT2D eigenvalue weighted by molar-refractivity contribution is 5.86. The molecule has 152 valence electrons. The van der Waals surface area contributed by atoms with Gasteiger partial charge in [0, 0.05) is 39.2 Å². The van der Waals surface area contributed by atoms with Crippen molar-refractivity contribution in [2.24, 2.45) is 11.3 Å². The first-order valence-electron chi connectivity index (χ1n) is 10.9. The summed E-state index contributed by atoms with van der Waals surface area (Å²) < 4.78 is 5.69. The zero-order valence-corrected chi connectivity index (χ0v) is 16.8. The Morgan fingerprint density at radius 1 is 1.14 bits per heavy atom. The molecule has 2 heterocycles. The fourth-order valence-electron chi connectivity index (χ4n) is 4.65. The fourth-order valence-corrected chi connectivity index (χ4v) is 4.65. The third-order valence-corrected chi connectivity index (χ3v) is 6.50. The number of carbonyl (C=O) groups is 2. The molecule has 0 unspecified atom stereocenters. The van der Waals surface area contributed by atoms with E-state index in [1.165, 1.54) is 12.8 Å². The van der Waals surface area contributed by atoms with E-state index in [0.29, 0.717) is 32.1 Å². The Hall–Kier alpha value is -1.88. The molecule has 3 fully saturated rings. The number of likely N-dealkylation sites (tertiary alicyclic amines) is 2. The Kier molecular flexibility index (Phi) is 6.00. The third kappa shape index (κ3) is 4.57. The van der Waals surface area contributed by atoms with Crippen LogP contribution in [-0.2, 0) is 20.9 Å². The lowest BCUT2D eigenvalue weighted by Gasteiger charge is -2.39. The summed E-state index contributed by atoms with van der Waals surface area (Å²) in [6.45, 7) is 4.38. The van der Waals surface area contributed by atoms with Crippen molar-refractivity contribution in [3.63, 3.8) is 0 Å². The maximum atomic E-state index is 13.1. The van der Waals surface area contributed by atoms with Gasteiger partial charge in [-0.15, -0.1) is 0 Å². The molecule has 1 atom stereocenters. The molecule has 1 spiro atoms. The topological polar surface area (TPSA) is 49.9 Å². The number of carbonyl (C=O) groups excluding carboxylic acids is 2. The number of piperidine rings is 1. The largest absolute Gasteiger partial charge is 0.377 e. The summed E-state index contributed by atoms with van der Waals surface area (Å²) in [5.41, 5.74) is 0.856. The molecular formula is C23H32N2O3. The molecule has 2 aliphatic heterocycles. The van der Waals surface area contributed by atoms with Crippen molar-refractivity contribution < 1.29 is 14.3 Å². The van der Waals surface area contributed by atoms with Gasteiger partial charge in [0.2, 0.25) is 11.8 Å². The highest BCUT2D eigenvalue weighted by Gasteiger charge is 2.49. The van der Waals surface area contributed by atoms with Crippen molar-refractivity contribution >= 4 is 11.8 Å². The first kappa shape index (κ1) is 19.4. The summed E-state index contributed by atoms with van der Waals surface area (Å²) >= 11 is 0. The van der Waals surface area contributed by atoms with Crippen LogP contribution in [0.15, 0.2) is 30.3 Å². The minimum atomic E-state index is -0.299. The van der Waals surface area contributed by atoms with Crippen molar-refractivity contribution in [1.82, 2.24) is 9.80 Å². The van der Waals surface area contributed by atoms with E-state index in [2.05, 4.69) is 4.90 Å². The van der Waals surface area contributed by atoms with E-state index in [1.54, 1.807) is 0 Å². The second-order valence-corrected chi connectivity index (χ2v) is 8.79. The van der Waals surface area contributed by atoms with Crippen LogP contribution in [0.25, 0.3) is 0 Å². The van der Waals surface area contributed by atoms with Gasteiger partial charge in [0.1, 0.15) is 0 Å². The summed E-state index contributed by atoms with van der Waals surface area (Å²) in [6.07, 6.45) is 6.64. The number of amides is 2. The van der Waals surface area contributed by atoms with Crippen LogP contribution < -0.4 is 0 Å². The fraction of sp³-hybridized carbons (Fsp3) is 0.652. The number of rotatable bonds is 8. The maximum absolute atomic E-state index is 13.1. The monoisotopic (exact) mass is 384 g/mol. The highest BCUT2D eigenvalue weighted by Crippen LogP contribution is 2.41. The third-order valence-electron chi connectivity index (χ3n) is 6.50. The Bertz CT molecular complexity index is 688. The average molecular weight is 385 g/mol. The molecule has 0 radical (unpaired) electrons. The van der Waals surface area contributed by atoms with Crippen LogP contribution in [0.5, 0.6) is 0 Å². The molecular weight excluding hydrogens is 352 g/mol. The molecule has 28 heavy (non-hydrogen) atoms. The van der Waals surface area contributed by atoms with Gasteiger partial charge in [0.05, 0.1) is 12.0 Å². The molecule has 2 saturated heterocycles. The first-order chi connectivity index (χ1) is 13.7. The zero-order chi connectivity index (χ0) is 19.4. The minimum Gasteiger partial charge on any atom is -0.377 e. The first-order valence-corrected chi connectivity index (χ1v) is 10.9. The van der Waals surface area contributed by atoms with E-state index in [0.717, 1.165) is 56.8 Å². The maximum Gasteiger partial charge on any atom is 0.230 e. The highest BCUT2D eigenvalue weighted by atomic mass is 16.5. The molecule has 0 bridgehead atoms. The standard InChI is InChI=1S/C23H32N2O3/c26-21(8-4-15-28-17-20-6-2-1-3-7-20)25-14-12-23(18-25)11-5-13-24(22(23)27)16-19-9-10-19/h1-3,6-7,19H,4-5,8-18H2/t23-/m1/s1. The van der Waals surface area contributed by atoms with E-state index >= 15 is 0 Å². The van der Waals surface area contributed by atoms with Crippen molar-refractivity contribution in [2.75, 3.05) is 32.8 Å². The predicted octanol–water partition coefficient (Wildman–Crippen LogP) is 3.23. The normalized spacial score (nSPS) is 24.9. The molecule has 1 aromatic rings. The summed E-state index contributed by atoms with van der Waals surface area (Å²) in [6, 6.07) is 10.1. The number of hydrogen-bond acceptors (Lipinski definition) is 3. The zero-order valence-electron chi connectivity index (χ0n) is 16.8. The summed E-state index contributed by atoms with van der Waals surface area (Å²) in [5, 5.41) is 0. The van der Waals surface area contributed by atoms with E-state index in [4.69, 9.17) is 4.74 Å². The molecule has 0 N–H and O–H groups in total. The van der Waals surface area contributed by atoms with Gasteiger partial charge in [0.25, 0.3) is 0 Å². The lowest BCUT2D eigenvalue weighted by Crippen LogP contribution is -2.50. The Labute approximate surface area is 168 Å². The number of benzene rings is 1. The van der Waals surface area contributed by atoms with Gasteiger partial charge in [-0.1, -0.05) is 30.3 Å². The van der Waals surface area contributed by atoms with Crippen LogP contribution in [0.1, 0.15) is 50.5 Å². The number of nitrogens with zero attached hydrogens (tertiary/aromatic N) is 2. The van der Waals surface area contributed by atoms with Gasteiger partial charge < -0.3 is 14.5 Å². The smallest absolute Gasteiger partial charge is 0.230 e. The molecule has 1 aliphatic carbocycles. The van der Waals surface area contributed by atoms with Gasteiger partial charge >= 0.3 is 0 Å². The second kappa shape index (κ2) is 8.64. The molecule has 1 aromatic carbocycles. The SMILES string of the molecule is O=C(CCCOCc1ccccc1)N1CC[C@]2(CCCN(CC3CC3)C2=O)C1. The Morgan fingerprint density at radius 3 is 2.75 bits per heavy atom. The summed E-state index contributed by atoms with van der Waals surface area (Å²) in [5.74, 6) is 1.22. The number of hydrogen-bond donors (Lipinski definition) is 0. The van der Waals surface area contributed by atoms with Crippen molar-refractivity contribution in [3.05, 3.63) is 35.9 Å². The lowest BCUT2D eigenvalue weighted by molar-refractivity contribution is -0.146. The van der Waals surface area contributed by atoms with E-state index in [9.17, 15) is 9.59 Å². The molecule has 5 heteroatoms. The second-order valence-electron chi connectivity index (χ2n) is 8.79. The van der Waals surface area contributed by atoms with Crippen LogP contribution in [0.4, 0.5) is 0 Å². The van der Waals surface area contributed by atoms with Crippen LogP contribution in [0.3, 0.4) is 0 Å². The van der Waals surface area contributed by atoms with Crippen LogP contribution in [0.2, 0.25) is 0 Å². The molecule has 5 nitrogen and oxygen atoms in total. The van der Waals surface area contributed by atoms with E-state index in [-0.39, 0.29) is 11.3 Å². The van der Waals surface area contributed by atoms with Crippen LogP contribution >= 0.6 is 0 Å². The van der Waals surface area contributed by atoms with Gasteiger partial charge in [0.15, 0.2) is 0 Å². The van der Waals surface area contributed by atoms with Gasteiger partial charge in [-0.05, 0) is 50.0 Å². The summed E-state index contributed by atoms with van der Waals surface area (Å²) in [4.78, 5) is 29.7. The quantitative estimate of drug-likeness (QED) is 0.647. The molecule has 1 saturated carbocycles. The minimum absolute atomic E-state index is 0.173. The van der Waals surface area contributed by atoms with Gasteiger partial charge in [-0.2, -0.15) is 0 Å². The molecule has 4 rings (SSSR count). The Balaban J connectivity index is 1.20. The number of ether oxygens (including phenoxy) is 1. The molecule has 2 amide bonds. The van der Waals surface area contributed by atoms with Crippen molar-refractivity contribution in [2.45, 2.75) is 51.6 Å². The molecule has 0 aromatic heterocycles. The van der Waals surface area contributed by atoms with Gasteiger partial charge in [-0.3, -0.25) is 9.59 Å². The van der Waals surface area contributed by atoms with Crippen molar-refractivity contribution in [1.29, 1.82) is 0 Å². The van der Waals surface area contributed by atoms with Gasteiger partial charge in [-0.25, -0.2) is 0 Å². The van der Waals surface area contributed by atoms with E-state index < -0.39 is 0 Å². The predicted molar refractivity (Wildman–Crippen MR) is 108 cm³/mol. The average Bonchev–Trinajstić information content (AvgIpc) is 3.43. The van der Waals surface area contributed by atoms with Crippen molar-refractivity contribution in [3.8, 4) is 0 Å². The lowest BCUT2D eigenvalue weighted by atomic mass is 9.78. The van der Waals surface area contributed by atoms with E-state index in [1.807, 2.05) is 35.2 Å². The van der Waals surface area contributed by atoms with Crippen LogP contribution in [0, 0.1) is 11.3 Å². The summed E-state index contributed by atoms with van der Waals surface area (Å²) in [7, 11) is 0. The van der Waals surface area contributed by atoms with Crippen LogP contribution in [-0.4, -0.2) is 54.4 Å². The molecule has 3 aliphatic rings.